The highest BCUT2D eigenvalue weighted by Gasteiger charge is 2.44. The molecule has 4 heteroatoms. The second kappa shape index (κ2) is 9.49. The van der Waals surface area contributed by atoms with Gasteiger partial charge in [0.2, 0.25) is 0 Å². The molecule has 0 radical (unpaired) electrons. The molecule has 9 aromatic carbocycles. The number of aromatic nitrogens is 2. The van der Waals surface area contributed by atoms with Crippen LogP contribution in [0, 0.1) is 0 Å². The minimum Gasteiger partial charge on any atom is -0.455 e. The van der Waals surface area contributed by atoms with Crippen LogP contribution in [-0.4, -0.2) is 15.7 Å². The largest absolute Gasteiger partial charge is 0.455 e. The summed E-state index contributed by atoms with van der Waals surface area (Å²) in [5.41, 5.74) is 18.5. The van der Waals surface area contributed by atoms with E-state index >= 15 is 0 Å². The molecule has 2 aliphatic heterocycles. The molecule has 4 aromatic heterocycles. The van der Waals surface area contributed by atoms with Crippen LogP contribution < -0.4 is 10.9 Å². The Morgan fingerprint density at radius 3 is 1.93 bits per heavy atom. The van der Waals surface area contributed by atoms with Gasteiger partial charge in [-0.15, -0.1) is 0 Å². The van der Waals surface area contributed by atoms with Crippen molar-refractivity contribution in [3.8, 4) is 33.4 Å². The molecule has 0 bridgehead atoms. The number of hydrogen-bond acceptors (Lipinski definition) is 1. The van der Waals surface area contributed by atoms with Crippen LogP contribution in [-0.2, 0) is 0 Å². The quantitative estimate of drug-likeness (QED) is 0.164. The van der Waals surface area contributed by atoms with Crippen molar-refractivity contribution in [3.63, 3.8) is 0 Å². The summed E-state index contributed by atoms with van der Waals surface area (Å²) >= 11 is 0. The van der Waals surface area contributed by atoms with Crippen molar-refractivity contribution >= 4 is 110 Å². The molecule has 254 valence electrons. The van der Waals surface area contributed by atoms with E-state index in [1.54, 1.807) is 0 Å². The van der Waals surface area contributed by atoms with Gasteiger partial charge in [-0.3, -0.25) is 0 Å². The fourth-order valence-electron chi connectivity index (χ4n) is 11.3. The van der Waals surface area contributed by atoms with Gasteiger partial charge < -0.3 is 13.3 Å². The van der Waals surface area contributed by atoms with Crippen LogP contribution in [0.3, 0.4) is 0 Å². The summed E-state index contributed by atoms with van der Waals surface area (Å²) in [5, 5.41) is 12.7. The lowest BCUT2D eigenvalue weighted by atomic mass is 9.45. The molecule has 0 saturated heterocycles. The molecule has 6 heterocycles. The number of hydrogen-bond donors (Lipinski definition) is 0. The molecule has 0 spiro atoms. The summed E-state index contributed by atoms with van der Waals surface area (Å²) in [7, 11) is 0. The van der Waals surface area contributed by atoms with E-state index in [1.165, 1.54) is 126 Å². The van der Waals surface area contributed by atoms with Crippen LogP contribution in [0.25, 0.3) is 126 Å². The first-order chi connectivity index (χ1) is 27.8. The molecular weight excluding hydrogens is 679 g/mol. The molecule has 0 aliphatic carbocycles. The summed E-state index contributed by atoms with van der Waals surface area (Å²) in [6, 6.07) is 60.8. The topological polar surface area (TPSA) is 22.5 Å². The normalized spacial score (nSPS) is 13.3. The van der Waals surface area contributed by atoms with Gasteiger partial charge in [-0.1, -0.05) is 133 Å². The second-order valence-corrected chi connectivity index (χ2v) is 15.9. The Morgan fingerprint density at radius 1 is 0.429 bits per heavy atom. The van der Waals surface area contributed by atoms with E-state index in [-0.39, 0.29) is 6.85 Å². The zero-order valence-electron chi connectivity index (χ0n) is 30.0. The maximum Gasteiger partial charge on any atom is 0.333 e. The molecule has 15 rings (SSSR count). The van der Waals surface area contributed by atoms with E-state index in [1.807, 2.05) is 0 Å². The van der Waals surface area contributed by atoms with Crippen molar-refractivity contribution in [3.05, 3.63) is 164 Å². The summed E-state index contributed by atoms with van der Waals surface area (Å²) in [4.78, 5) is 0. The minimum absolute atomic E-state index is 0.0713. The number of para-hydroxylation sites is 2. The maximum atomic E-state index is 7.17. The third kappa shape index (κ3) is 3.09. The van der Waals surface area contributed by atoms with Crippen LogP contribution >= 0.6 is 0 Å². The molecular formula is C52H27BN2O. The Hall–Kier alpha value is -7.30. The van der Waals surface area contributed by atoms with Gasteiger partial charge >= 0.3 is 6.85 Å². The number of fused-ring (bicyclic) bond motifs is 15. The SMILES string of the molecule is c1ccc(-c2cc3c4c(c2)c2cc(-c5ccccc5)cc5c6c7c(oc8ccccc87)c7c(c6n4c25)B3n2c3ccc4ccccc4c3c3cccc-7c32)cc1. The van der Waals surface area contributed by atoms with Crippen molar-refractivity contribution in [2.24, 2.45) is 0 Å². The van der Waals surface area contributed by atoms with E-state index in [4.69, 9.17) is 4.42 Å². The van der Waals surface area contributed by atoms with Gasteiger partial charge in [0.05, 0.1) is 16.6 Å². The molecule has 0 atom stereocenters. The molecule has 56 heavy (non-hydrogen) atoms. The Morgan fingerprint density at radius 2 is 1.11 bits per heavy atom. The standard InChI is InChI=1S/C52H27BN2O/c1-3-12-28(13-4-1)31-24-37-38-25-32(29-14-5-2-6-15-29)27-40-50(38)54-48(37)39(26-31)44-45-34-18-9-10-21-42(34)56-52(45)46-36-20-11-19-35-43-33-17-8-7-16-30(33)22-23-41(43)55(49(35)36)53(40)47(46)51(44)54/h1-27H. The fraction of sp³-hybridized carbons (Fsp3) is 0. The van der Waals surface area contributed by atoms with E-state index in [0.29, 0.717) is 0 Å². The maximum absolute atomic E-state index is 7.17. The molecule has 0 unspecified atom stereocenters. The fourth-order valence-corrected chi connectivity index (χ4v) is 11.3. The predicted octanol–water partition coefficient (Wildman–Crippen LogP) is 12.3. The van der Waals surface area contributed by atoms with Gasteiger partial charge in [0.15, 0.2) is 0 Å². The van der Waals surface area contributed by atoms with Crippen LogP contribution in [0.1, 0.15) is 0 Å². The molecule has 13 aromatic rings. The highest BCUT2D eigenvalue weighted by molar-refractivity contribution is 6.91. The Kier molecular flexibility index (Phi) is 4.78. The van der Waals surface area contributed by atoms with E-state index in [0.717, 1.165) is 11.2 Å². The predicted molar refractivity (Wildman–Crippen MR) is 236 cm³/mol. The minimum atomic E-state index is -0.0713. The third-order valence-electron chi connectivity index (χ3n) is 13.3. The number of furan rings is 1. The van der Waals surface area contributed by atoms with Crippen molar-refractivity contribution in [1.82, 2.24) is 8.88 Å². The lowest BCUT2D eigenvalue weighted by molar-refractivity contribution is 0.670. The first kappa shape index (κ1) is 28.2. The van der Waals surface area contributed by atoms with Gasteiger partial charge in [-0.25, -0.2) is 0 Å². The Bertz CT molecular complexity index is 3920. The van der Waals surface area contributed by atoms with Gasteiger partial charge in [0.1, 0.15) is 11.2 Å². The molecule has 0 N–H and O–H groups in total. The number of nitrogens with zero attached hydrogens (tertiary/aromatic N) is 2. The average molecular weight is 707 g/mol. The zero-order chi connectivity index (χ0) is 36.0. The Labute approximate surface area is 319 Å². The summed E-state index contributed by atoms with van der Waals surface area (Å²) in [6.07, 6.45) is 0. The summed E-state index contributed by atoms with van der Waals surface area (Å²) in [5.74, 6) is 0. The molecule has 0 saturated carbocycles. The van der Waals surface area contributed by atoms with E-state index < -0.39 is 0 Å². The lowest BCUT2D eigenvalue weighted by Crippen LogP contribution is -2.54. The van der Waals surface area contributed by atoms with Crippen molar-refractivity contribution in [1.29, 1.82) is 0 Å². The average Bonchev–Trinajstić information content (AvgIpc) is 4.01. The first-order valence-electron chi connectivity index (χ1n) is 19.6. The lowest BCUT2D eigenvalue weighted by Gasteiger charge is -2.31. The Balaban J connectivity index is 1.26. The zero-order valence-corrected chi connectivity index (χ0v) is 30.0. The molecule has 3 nitrogen and oxygen atoms in total. The highest BCUT2D eigenvalue weighted by atomic mass is 16.3. The van der Waals surface area contributed by atoms with E-state index in [2.05, 4.69) is 173 Å². The van der Waals surface area contributed by atoms with E-state index in [9.17, 15) is 0 Å². The van der Waals surface area contributed by atoms with Crippen LogP contribution in [0.2, 0.25) is 0 Å². The van der Waals surface area contributed by atoms with Gasteiger partial charge in [0.25, 0.3) is 0 Å². The summed E-state index contributed by atoms with van der Waals surface area (Å²) < 4.78 is 12.5. The number of benzene rings is 9. The van der Waals surface area contributed by atoms with Crippen molar-refractivity contribution in [2.75, 3.05) is 0 Å². The first-order valence-corrected chi connectivity index (χ1v) is 19.6. The van der Waals surface area contributed by atoms with Crippen LogP contribution in [0.15, 0.2) is 168 Å². The monoisotopic (exact) mass is 706 g/mol. The molecule has 0 fully saturated rings. The van der Waals surface area contributed by atoms with Gasteiger partial charge in [-0.05, 0) is 74.3 Å². The van der Waals surface area contributed by atoms with Crippen molar-refractivity contribution < 1.29 is 4.42 Å². The highest BCUT2D eigenvalue weighted by Crippen LogP contribution is 2.52. The molecule has 2 aliphatic rings. The third-order valence-corrected chi connectivity index (χ3v) is 13.3. The van der Waals surface area contributed by atoms with Crippen LogP contribution in [0.4, 0.5) is 0 Å². The summed E-state index contributed by atoms with van der Waals surface area (Å²) in [6.45, 7) is -0.0713. The molecule has 0 amide bonds. The smallest absolute Gasteiger partial charge is 0.333 e. The van der Waals surface area contributed by atoms with Crippen molar-refractivity contribution in [2.45, 2.75) is 0 Å². The van der Waals surface area contributed by atoms with Gasteiger partial charge in [-0.2, -0.15) is 0 Å². The van der Waals surface area contributed by atoms with Crippen LogP contribution in [0.5, 0.6) is 0 Å². The van der Waals surface area contributed by atoms with Gasteiger partial charge in [0, 0.05) is 65.3 Å². The number of rotatable bonds is 2. The second-order valence-electron chi connectivity index (χ2n) is 15.9.